The van der Waals surface area contributed by atoms with Crippen LogP contribution < -0.4 is 10.1 Å². The number of ether oxygens (including phenoxy) is 1. The van der Waals surface area contributed by atoms with E-state index in [2.05, 4.69) is 20.1 Å². The standard InChI is InChI=1S/C16H11F3N4O2/c17-16(18,19)25-14-7-1-11(2-8-14)15(24)22-12-3-5-13(6-4-12)23-10-20-9-21-23/h1-10H,(H,22,24). The molecule has 0 aliphatic carbocycles. The van der Waals surface area contributed by atoms with Crippen molar-refractivity contribution in [3.05, 3.63) is 66.7 Å². The quantitative estimate of drug-likeness (QED) is 0.784. The maximum atomic E-state index is 12.1. The third-order valence-corrected chi connectivity index (χ3v) is 3.16. The van der Waals surface area contributed by atoms with Gasteiger partial charge in [-0.15, -0.1) is 13.2 Å². The zero-order valence-electron chi connectivity index (χ0n) is 12.6. The van der Waals surface area contributed by atoms with Gasteiger partial charge in [-0.3, -0.25) is 4.79 Å². The monoisotopic (exact) mass is 348 g/mol. The summed E-state index contributed by atoms with van der Waals surface area (Å²) < 4.78 is 41.7. The molecule has 0 aliphatic heterocycles. The van der Waals surface area contributed by atoms with Crippen LogP contribution in [0.5, 0.6) is 5.75 Å². The molecular formula is C16H11F3N4O2. The second-order valence-electron chi connectivity index (χ2n) is 4.91. The van der Waals surface area contributed by atoms with Gasteiger partial charge in [-0.1, -0.05) is 0 Å². The minimum absolute atomic E-state index is 0.204. The molecule has 0 atom stereocenters. The number of carbonyl (C=O) groups excluding carboxylic acids is 1. The Morgan fingerprint density at radius 2 is 1.72 bits per heavy atom. The van der Waals surface area contributed by atoms with Gasteiger partial charge in [0.25, 0.3) is 5.91 Å². The van der Waals surface area contributed by atoms with Crippen molar-refractivity contribution in [3.63, 3.8) is 0 Å². The lowest BCUT2D eigenvalue weighted by Crippen LogP contribution is -2.17. The van der Waals surface area contributed by atoms with Crippen LogP contribution in [0.4, 0.5) is 18.9 Å². The largest absolute Gasteiger partial charge is 0.573 e. The number of amides is 1. The van der Waals surface area contributed by atoms with E-state index in [4.69, 9.17) is 0 Å². The average molecular weight is 348 g/mol. The number of aromatic nitrogens is 3. The van der Waals surface area contributed by atoms with Crippen LogP contribution in [0.1, 0.15) is 10.4 Å². The fraction of sp³-hybridized carbons (Fsp3) is 0.0625. The maximum Gasteiger partial charge on any atom is 0.573 e. The number of carbonyl (C=O) groups is 1. The third-order valence-electron chi connectivity index (χ3n) is 3.16. The number of rotatable bonds is 4. The average Bonchev–Trinajstić information content (AvgIpc) is 3.09. The van der Waals surface area contributed by atoms with Crippen molar-refractivity contribution >= 4 is 11.6 Å². The molecule has 0 radical (unpaired) electrons. The Labute approximate surface area is 139 Å². The summed E-state index contributed by atoms with van der Waals surface area (Å²) in [6.07, 6.45) is -1.82. The van der Waals surface area contributed by atoms with E-state index in [0.29, 0.717) is 5.69 Å². The molecule has 1 aromatic heterocycles. The van der Waals surface area contributed by atoms with Crippen molar-refractivity contribution in [2.45, 2.75) is 6.36 Å². The number of hydrogen-bond acceptors (Lipinski definition) is 4. The van der Waals surface area contributed by atoms with Crippen LogP contribution in [0.25, 0.3) is 5.69 Å². The van der Waals surface area contributed by atoms with E-state index in [1.165, 1.54) is 24.8 Å². The molecule has 9 heteroatoms. The lowest BCUT2D eigenvalue weighted by Gasteiger charge is -2.10. The van der Waals surface area contributed by atoms with Gasteiger partial charge in [0.1, 0.15) is 18.4 Å². The molecule has 0 aliphatic rings. The van der Waals surface area contributed by atoms with E-state index in [1.54, 1.807) is 28.9 Å². The van der Waals surface area contributed by atoms with Crippen LogP contribution in [-0.4, -0.2) is 27.0 Å². The van der Waals surface area contributed by atoms with Gasteiger partial charge in [0.05, 0.1) is 5.69 Å². The highest BCUT2D eigenvalue weighted by Crippen LogP contribution is 2.23. The molecule has 0 fully saturated rings. The van der Waals surface area contributed by atoms with Gasteiger partial charge < -0.3 is 10.1 Å². The highest BCUT2D eigenvalue weighted by atomic mass is 19.4. The summed E-state index contributed by atoms with van der Waals surface area (Å²) >= 11 is 0. The molecule has 1 heterocycles. The summed E-state index contributed by atoms with van der Waals surface area (Å²) in [4.78, 5) is 16.0. The summed E-state index contributed by atoms with van der Waals surface area (Å²) in [5, 5.41) is 6.64. The van der Waals surface area contributed by atoms with E-state index < -0.39 is 12.3 Å². The summed E-state index contributed by atoms with van der Waals surface area (Å²) in [5.41, 5.74) is 1.50. The summed E-state index contributed by atoms with van der Waals surface area (Å²) in [6.45, 7) is 0. The Morgan fingerprint density at radius 1 is 1.04 bits per heavy atom. The highest BCUT2D eigenvalue weighted by molar-refractivity contribution is 6.04. The number of hydrogen-bond donors (Lipinski definition) is 1. The molecule has 3 aromatic rings. The molecule has 128 valence electrons. The van der Waals surface area contributed by atoms with Crippen LogP contribution in [-0.2, 0) is 0 Å². The molecule has 3 rings (SSSR count). The molecule has 0 unspecified atom stereocenters. The fourth-order valence-corrected chi connectivity index (χ4v) is 2.05. The maximum absolute atomic E-state index is 12.1. The lowest BCUT2D eigenvalue weighted by atomic mass is 10.2. The first-order chi connectivity index (χ1) is 11.9. The van der Waals surface area contributed by atoms with Crippen LogP contribution in [0.2, 0.25) is 0 Å². The van der Waals surface area contributed by atoms with Crippen molar-refractivity contribution in [3.8, 4) is 11.4 Å². The van der Waals surface area contributed by atoms with E-state index >= 15 is 0 Å². The van der Waals surface area contributed by atoms with E-state index in [9.17, 15) is 18.0 Å². The predicted octanol–water partition coefficient (Wildman–Crippen LogP) is 3.42. The van der Waals surface area contributed by atoms with E-state index in [-0.39, 0.29) is 11.3 Å². The molecular weight excluding hydrogens is 337 g/mol. The van der Waals surface area contributed by atoms with Crippen LogP contribution in [0.15, 0.2) is 61.2 Å². The second kappa shape index (κ2) is 6.63. The molecule has 6 nitrogen and oxygen atoms in total. The SMILES string of the molecule is O=C(Nc1ccc(-n2cncn2)cc1)c1ccc(OC(F)(F)F)cc1. The summed E-state index contributed by atoms with van der Waals surface area (Å²) in [5.74, 6) is -0.840. The van der Waals surface area contributed by atoms with Gasteiger partial charge in [-0.25, -0.2) is 9.67 Å². The van der Waals surface area contributed by atoms with Crippen molar-refractivity contribution < 1.29 is 22.7 Å². The summed E-state index contributed by atoms with van der Waals surface area (Å²) in [7, 11) is 0. The molecule has 0 bridgehead atoms. The van der Waals surface area contributed by atoms with Crippen molar-refractivity contribution in [2.75, 3.05) is 5.32 Å². The van der Waals surface area contributed by atoms with Gasteiger partial charge in [0.2, 0.25) is 0 Å². The minimum atomic E-state index is -4.77. The van der Waals surface area contributed by atoms with Gasteiger partial charge >= 0.3 is 6.36 Å². The fourth-order valence-electron chi connectivity index (χ4n) is 2.05. The van der Waals surface area contributed by atoms with Gasteiger partial charge in [-0.2, -0.15) is 5.10 Å². The molecule has 25 heavy (non-hydrogen) atoms. The zero-order chi connectivity index (χ0) is 17.9. The molecule has 1 amide bonds. The lowest BCUT2D eigenvalue weighted by molar-refractivity contribution is -0.274. The van der Waals surface area contributed by atoms with Crippen LogP contribution in [0, 0.1) is 0 Å². The van der Waals surface area contributed by atoms with Gasteiger partial charge in [0.15, 0.2) is 0 Å². The molecule has 2 aromatic carbocycles. The second-order valence-corrected chi connectivity index (χ2v) is 4.91. The van der Waals surface area contributed by atoms with Crippen LogP contribution in [0.3, 0.4) is 0 Å². The predicted molar refractivity (Wildman–Crippen MR) is 82.4 cm³/mol. The molecule has 0 saturated heterocycles. The minimum Gasteiger partial charge on any atom is -0.406 e. The highest BCUT2D eigenvalue weighted by Gasteiger charge is 2.31. The van der Waals surface area contributed by atoms with Gasteiger partial charge in [-0.05, 0) is 48.5 Å². The Balaban J connectivity index is 1.65. The number of anilines is 1. The van der Waals surface area contributed by atoms with Crippen molar-refractivity contribution in [1.82, 2.24) is 14.8 Å². The number of alkyl halides is 3. The molecule has 1 N–H and O–H groups in total. The van der Waals surface area contributed by atoms with Crippen LogP contribution >= 0.6 is 0 Å². The number of benzene rings is 2. The first kappa shape index (κ1) is 16.5. The number of nitrogens with zero attached hydrogens (tertiary/aromatic N) is 3. The Kier molecular flexibility index (Phi) is 4.38. The van der Waals surface area contributed by atoms with E-state index in [0.717, 1.165) is 17.8 Å². The van der Waals surface area contributed by atoms with E-state index in [1.807, 2.05) is 0 Å². The number of nitrogens with one attached hydrogen (secondary N) is 1. The first-order valence-corrected chi connectivity index (χ1v) is 7.03. The Hall–Kier alpha value is -3.36. The third kappa shape index (κ3) is 4.34. The topological polar surface area (TPSA) is 69.0 Å². The molecule has 0 saturated carbocycles. The Morgan fingerprint density at radius 3 is 2.28 bits per heavy atom. The smallest absolute Gasteiger partial charge is 0.406 e. The molecule has 0 spiro atoms. The van der Waals surface area contributed by atoms with Gasteiger partial charge in [0, 0.05) is 11.3 Å². The number of halogens is 3. The first-order valence-electron chi connectivity index (χ1n) is 7.03. The van der Waals surface area contributed by atoms with Crippen molar-refractivity contribution in [1.29, 1.82) is 0 Å². The zero-order valence-corrected chi connectivity index (χ0v) is 12.6. The Bertz CT molecular complexity index is 845. The van der Waals surface area contributed by atoms with Crippen molar-refractivity contribution in [2.24, 2.45) is 0 Å². The summed E-state index contributed by atoms with van der Waals surface area (Å²) in [6, 6.07) is 11.5. The normalized spacial score (nSPS) is 11.2.